The first kappa shape index (κ1) is 12.5. The van der Waals surface area contributed by atoms with Crippen LogP contribution in [-0.2, 0) is 11.4 Å². The van der Waals surface area contributed by atoms with Gasteiger partial charge >= 0.3 is 0 Å². The lowest BCUT2D eigenvalue weighted by molar-refractivity contribution is 0.122. The summed E-state index contributed by atoms with van der Waals surface area (Å²) in [5.41, 5.74) is 1.94. The summed E-state index contributed by atoms with van der Waals surface area (Å²) in [5, 5.41) is 0.601. The number of hydrogen-bond acceptors (Lipinski definition) is 4. The van der Waals surface area contributed by atoms with Crippen molar-refractivity contribution in [3.05, 3.63) is 22.2 Å². The molecule has 17 heavy (non-hydrogen) atoms. The van der Waals surface area contributed by atoms with Gasteiger partial charge in [0.15, 0.2) is 11.5 Å². The summed E-state index contributed by atoms with van der Waals surface area (Å²) in [6.07, 6.45) is 0. The third-order valence-electron chi connectivity index (χ3n) is 2.71. The Balaban J connectivity index is 2.55. The van der Waals surface area contributed by atoms with Gasteiger partial charge in [-0.25, -0.2) is 5.90 Å². The highest BCUT2D eigenvalue weighted by Gasteiger charge is 2.23. The van der Waals surface area contributed by atoms with E-state index in [0.29, 0.717) is 36.3 Å². The molecule has 0 atom stereocenters. The molecule has 0 aromatic heterocycles. The van der Waals surface area contributed by atoms with Gasteiger partial charge in [-0.15, -0.1) is 0 Å². The van der Waals surface area contributed by atoms with Gasteiger partial charge in [0.2, 0.25) is 0 Å². The van der Waals surface area contributed by atoms with Crippen LogP contribution in [0.2, 0.25) is 5.02 Å². The van der Waals surface area contributed by atoms with Crippen molar-refractivity contribution < 1.29 is 14.3 Å². The number of hydrogen-bond donors (Lipinski definition) is 1. The molecule has 0 radical (unpaired) electrons. The Morgan fingerprint density at radius 3 is 2.76 bits per heavy atom. The summed E-state index contributed by atoms with van der Waals surface area (Å²) < 4.78 is 11.1. The number of benzene rings is 1. The molecular formula is C12H16ClNO3. The van der Waals surface area contributed by atoms with E-state index in [4.69, 9.17) is 31.8 Å². The minimum atomic E-state index is 0.267. The minimum Gasteiger partial charge on any atom is -0.486 e. The van der Waals surface area contributed by atoms with Gasteiger partial charge in [0.25, 0.3) is 0 Å². The van der Waals surface area contributed by atoms with Crippen LogP contribution in [0.5, 0.6) is 11.5 Å². The molecule has 2 N–H and O–H groups in total. The molecular weight excluding hydrogens is 242 g/mol. The number of fused-ring (bicyclic) bond motifs is 1. The largest absolute Gasteiger partial charge is 0.486 e. The summed E-state index contributed by atoms with van der Waals surface area (Å²) in [7, 11) is 0. The van der Waals surface area contributed by atoms with Crippen LogP contribution >= 0.6 is 11.6 Å². The van der Waals surface area contributed by atoms with E-state index >= 15 is 0 Å². The normalized spacial score (nSPS) is 14.2. The molecule has 0 bridgehead atoms. The zero-order chi connectivity index (χ0) is 12.4. The average molecular weight is 258 g/mol. The van der Waals surface area contributed by atoms with E-state index in [1.54, 1.807) is 0 Å². The Labute approximate surface area is 106 Å². The van der Waals surface area contributed by atoms with Gasteiger partial charge in [0.1, 0.15) is 13.2 Å². The first-order valence-corrected chi connectivity index (χ1v) is 5.95. The van der Waals surface area contributed by atoms with Crippen LogP contribution in [0.25, 0.3) is 0 Å². The third-order valence-corrected chi connectivity index (χ3v) is 3.09. The monoisotopic (exact) mass is 257 g/mol. The maximum absolute atomic E-state index is 6.36. The van der Waals surface area contributed by atoms with Crippen molar-refractivity contribution in [1.29, 1.82) is 0 Å². The predicted molar refractivity (Wildman–Crippen MR) is 65.5 cm³/mol. The number of rotatable bonds is 3. The molecule has 0 fully saturated rings. The van der Waals surface area contributed by atoms with E-state index in [-0.39, 0.29) is 5.92 Å². The van der Waals surface area contributed by atoms with Crippen LogP contribution in [0.3, 0.4) is 0 Å². The van der Waals surface area contributed by atoms with Gasteiger partial charge in [-0.05, 0) is 23.1 Å². The summed E-state index contributed by atoms with van der Waals surface area (Å²) >= 11 is 6.36. The first-order valence-electron chi connectivity index (χ1n) is 5.57. The zero-order valence-electron chi connectivity index (χ0n) is 9.96. The van der Waals surface area contributed by atoms with Crippen molar-refractivity contribution in [1.82, 2.24) is 0 Å². The summed E-state index contributed by atoms with van der Waals surface area (Å²) in [4.78, 5) is 4.71. The topological polar surface area (TPSA) is 53.7 Å². The van der Waals surface area contributed by atoms with Crippen LogP contribution < -0.4 is 15.4 Å². The summed E-state index contributed by atoms with van der Waals surface area (Å²) in [6, 6.07) is 1.89. The standard InChI is InChI=1S/C12H16ClNO3/c1-7(2)10-8(6-17-14)5-9-12(11(10)13)16-4-3-15-9/h5,7H,3-4,6,14H2,1-2H3. The van der Waals surface area contributed by atoms with E-state index in [2.05, 4.69) is 13.8 Å². The van der Waals surface area contributed by atoms with Crippen LogP contribution in [0.15, 0.2) is 6.07 Å². The Morgan fingerprint density at radius 1 is 1.41 bits per heavy atom. The third kappa shape index (κ3) is 2.34. The molecule has 0 unspecified atom stereocenters. The number of ether oxygens (including phenoxy) is 2. The average Bonchev–Trinajstić information content (AvgIpc) is 2.29. The number of nitrogens with two attached hydrogens (primary N) is 1. The second-order valence-electron chi connectivity index (χ2n) is 4.25. The Hall–Kier alpha value is -0.970. The van der Waals surface area contributed by atoms with E-state index in [0.717, 1.165) is 11.1 Å². The van der Waals surface area contributed by atoms with E-state index in [9.17, 15) is 0 Å². The lowest BCUT2D eigenvalue weighted by atomic mass is 9.96. The smallest absolute Gasteiger partial charge is 0.180 e. The SMILES string of the molecule is CC(C)c1c(CON)cc2c(c1Cl)OCCO2. The Kier molecular flexibility index (Phi) is 3.76. The minimum absolute atomic E-state index is 0.267. The molecule has 2 rings (SSSR count). The molecule has 1 aromatic carbocycles. The second-order valence-corrected chi connectivity index (χ2v) is 4.63. The van der Waals surface area contributed by atoms with Gasteiger partial charge in [0.05, 0.1) is 11.6 Å². The molecule has 1 aliphatic heterocycles. The van der Waals surface area contributed by atoms with Gasteiger partial charge in [-0.2, -0.15) is 0 Å². The maximum atomic E-state index is 6.36. The molecule has 0 aliphatic carbocycles. The van der Waals surface area contributed by atoms with Crippen molar-refractivity contribution in [3.63, 3.8) is 0 Å². The lowest BCUT2D eigenvalue weighted by Gasteiger charge is -2.24. The molecule has 1 aliphatic rings. The fraction of sp³-hybridized carbons (Fsp3) is 0.500. The van der Waals surface area contributed by atoms with Crippen LogP contribution in [0, 0.1) is 0 Å². The van der Waals surface area contributed by atoms with Gasteiger partial charge in [-0.1, -0.05) is 25.4 Å². The fourth-order valence-corrected chi connectivity index (χ4v) is 2.53. The molecule has 0 spiro atoms. The molecule has 94 valence electrons. The van der Waals surface area contributed by atoms with E-state index in [1.165, 1.54) is 0 Å². The van der Waals surface area contributed by atoms with Crippen molar-refractivity contribution in [2.24, 2.45) is 5.90 Å². The molecule has 0 saturated heterocycles. The summed E-state index contributed by atoms with van der Waals surface area (Å²) in [5.74, 6) is 6.70. The second kappa shape index (κ2) is 5.12. The van der Waals surface area contributed by atoms with Crippen molar-refractivity contribution in [2.45, 2.75) is 26.4 Å². The van der Waals surface area contributed by atoms with Gasteiger partial charge in [-0.3, -0.25) is 4.84 Å². The van der Waals surface area contributed by atoms with E-state index in [1.807, 2.05) is 6.07 Å². The molecule has 0 saturated carbocycles. The maximum Gasteiger partial charge on any atom is 0.180 e. The Bertz CT molecular complexity index is 421. The highest BCUT2D eigenvalue weighted by molar-refractivity contribution is 6.33. The molecule has 1 heterocycles. The van der Waals surface area contributed by atoms with Crippen molar-refractivity contribution >= 4 is 11.6 Å². The van der Waals surface area contributed by atoms with E-state index < -0.39 is 0 Å². The molecule has 5 heteroatoms. The lowest BCUT2D eigenvalue weighted by Crippen LogP contribution is -2.17. The zero-order valence-corrected chi connectivity index (χ0v) is 10.7. The quantitative estimate of drug-likeness (QED) is 0.846. The summed E-state index contributed by atoms with van der Waals surface area (Å²) in [6.45, 7) is 5.50. The van der Waals surface area contributed by atoms with Crippen LogP contribution in [0.1, 0.15) is 30.9 Å². The highest BCUT2D eigenvalue weighted by atomic mass is 35.5. The predicted octanol–water partition coefficient (Wildman–Crippen LogP) is 2.62. The number of halogens is 1. The highest BCUT2D eigenvalue weighted by Crippen LogP contribution is 2.44. The molecule has 1 aromatic rings. The van der Waals surface area contributed by atoms with Crippen LogP contribution in [-0.4, -0.2) is 13.2 Å². The van der Waals surface area contributed by atoms with Gasteiger partial charge < -0.3 is 9.47 Å². The van der Waals surface area contributed by atoms with Crippen LogP contribution in [0.4, 0.5) is 0 Å². The molecule has 4 nitrogen and oxygen atoms in total. The van der Waals surface area contributed by atoms with Gasteiger partial charge in [0, 0.05) is 0 Å². The fourth-order valence-electron chi connectivity index (χ4n) is 2.04. The Morgan fingerprint density at radius 2 is 2.12 bits per heavy atom. The van der Waals surface area contributed by atoms with Crippen molar-refractivity contribution in [3.8, 4) is 11.5 Å². The molecule has 0 amide bonds. The van der Waals surface area contributed by atoms with Crippen molar-refractivity contribution in [2.75, 3.05) is 13.2 Å². The first-order chi connectivity index (χ1) is 8.15.